The molecule has 2 N–H and O–H groups in total. The monoisotopic (exact) mass is 348 g/mol. The van der Waals surface area contributed by atoms with Crippen LogP contribution in [-0.2, 0) is 6.54 Å². The van der Waals surface area contributed by atoms with Gasteiger partial charge in [0.15, 0.2) is 11.6 Å². The lowest BCUT2D eigenvalue weighted by Crippen LogP contribution is -2.68. The molecule has 3 unspecified atom stereocenters. The molecule has 0 aromatic heterocycles. The smallest absolute Gasteiger partial charge is 0.254 e. The van der Waals surface area contributed by atoms with Crippen LogP contribution in [0.5, 0.6) is 0 Å². The maximum absolute atomic E-state index is 14.8. The van der Waals surface area contributed by atoms with Crippen LogP contribution in [-0.4, -0.2) is 55.1 Å². The summed E-state index contributed by atoms with van der Waals surface area (Å²) in [7, 11) is 0. The van der Waals surface area contributed by atoms with E-state index in [1.54, 1.807) is 4.90 Å². The second-order valence-corrected chi connectivity index (χ2v) is 7.59. The van der Waals surface area contributed by atoms with Crippen molar-refractivity contribution in [2.45, 2.75) is 43.9 Å². The van der Waals surface area contributed by atoms with Crippen molar-refractivity contribution in [3.05, 3.63) is 28.8 Å². The third kappa shape index (κ3) is 2.22. The number of carbonyl (C=O) groups is 1. The maximum atomic E-state index is 14.8. The van der Waals surface area contributed by atoms with E-state index in [4.69, 9.17) is 0 Å². The highest BCUT2D eigenvalue weighted by Gasteiger charge is 2.46. The van der Waals surface area contributed by atoms with Crippen LogP contribution in [0.2, 0.25) is 0 Å². The van der Waals surface area contributed by atoms with Crippen LogP contribution in [0.4, 0.5) is 14.5 Å². The summed E-state index contributed by atoms with van der Waals surface area (Å²) in [6.07, 6.45) is 2.95. The number of amides is 1. The normalized spacial score (nSPS) is 31.1. The molecular weight excluding hydrogens is 326 g/mol. The third-order valence-electron chi connectivity index (χ3n) is 6.18. The molecule has 134 valence electrons. The first-order valence-electron chi connectivity index (χ1n) is 9.16. The van der Waals surface area contributed by atoms with Gasteiger partial charge in [-0.3, -0.25) is 4.79 Å². The fourth-order valence-corrected chi connectivity index (χ4v) is 4.91. The highest BCUT2D eigenvalue weighted by Crippen LogP contribution is 2.43. The lowest BCUT2D eigenvalue weighted by Gasteiger charge is -2.55. The van der Waals surface area contributed by atoms with Gasteiger partial charge in [-0.1, -0.05) is 0 Å². The molecule has 4 aliphatic heterocycles. The number of anilines is 1. The van der Waals surface area contributed by atoms with E-state index in [1.165, 1.54) is 0 Å². The number of hydrogen-bond donors (Lipinski definition) is 2. The van der Waals surface area contributed by atoms with E-state index >= 15 is 0 Å². The number of rotatable bonds is 2. The Hall–Kier alpha value is -1.73. The van der Waals surface area contributed by atoms with E-state index in [2.05, 4.69) is 10.6 Å². The molecule has 0 saturated carbocycles. The second kappa shape index (κ2) is 5.64. The molecule has 1 amide bonds. The summed E-state index contributed by atoms with van der Waals surface area (Å²) >= 11 is 0. The van der Waals surface area contributed by atoms with E-state index in [0.717, 1.165) is 51.5 Å². The number of piperazine rings is 1. The third-order valence-corrected chi connectivity index (χ3v) is 6.18. The molecule has 0 radical (unpaired) electrons. The van der Waals surface area contributed by atoms with Crippen LogP contribution in [0, 0.1) is 11.6 Å². The minimum atomic E-state index is -0.913. The van der Waals surface area contributed by atoms with E-state index in [0.29, 0.717) is 23.4 Å². The first-order valence-corrected chi connectivity index (χ1v) is 9.16. The van der Waals surface area contributed by atoms with Gasteiger partial charge < -0.3 is 20.4 Å². The van der Waals surface area contributed by atoms with Crippen LogP contribution < -0.4 is 15.5 Å². The highest BCUT2D eigenvalue weighted by molar-refractivity contribution is 6.00. The Balaban J connectivity index is 1.54. The summed E-state index contributed by atoms with van der Waals surface area (Å²) in [6, 6.07) is 1.59. The van der Waals surface area contributed by atoms with Gasteiger partial charge in [-0.05, 0) is 31.9 Å². The van der Waals surface area contributed by atoms with Crippen molar-refractivity contribution in [1.29, 1.82) is 0 Å². The highest BCUT2D eigenvalue weighted by atomic mass is 19.2. The zero-order valence-electron chi connectivity index (χ0n) is 14.0. The second-order valence-electron chi connectivity index (χ2n) is 7.59. The topological polar surface area (TPSA) is 47.6 Å². The molecule has 0 aliphatic carbocycles. The Morgan fingerprint density at radius 3 is 2.52 bits per heavy atom. The summed E-state index contributed by atoms with van der Waals surface area (Å²) < 4.78 is 29.0. The van der Waals surface area contributed by atoms with Crippen LogP contribution >= 0.6 is 0 Å². The lowest BCUT2D eigenvalue weighted by molar-refractivity contribution is 0.0674. The summed E-state index contributed by atoms with van der Waals surface area (Å²) in [6.45, 7) is 3.66. The fourth-order valence-electron chi connectivity index (χ4n) is 4.91. The van der Waals surface area contributed by atoms with Gasteiger partial charge in [0.25, 0.3) is 5.91 Å². The van der Waals surface area contributed by atoms with Crippen molar-refractivity contribution in [2.75, 3.05) is 31.1 Å². The van der Waals surface area contributed by atoms with E-state index in [1.807, 2.05) is 4.90 Å². The SMILES string of the molecule is O=C1c2cc(F)c(F)c(N3C4CNCC3C4)c2CN1C1CCCNC1. The number of carbonyl (C=O) groups excluding carboxylic acids is 1. The van der Waals surface area contributed by atoms with Gasteiger partial charge in [-0.2, -0.15) is 0 Å². The lowest BCUT2D eigenvalue weighted by atomic mass is 9.86. The van der Waals surface area contributed by atoms with E-state index in [-0.39, 0.29) is 24.0 Å². The molecule has 5 nitrogen and oxygen atoms in total. The fraction of sp³-hybridized carbons (Fsp3) is 0.611. The van der Waals surface area contributed by atoms with Crippen molar-refractivity contribution >= 4 is 11.6 Å². The first-order chi connectivity index (χ1) is 12.1. The molecule has 1 aromatic carbocycles. The number of piperidine rings is 2. The number of fused-ring (bicyclic) bond motifs is 3. The predicted octanol–water partition coefficient (Wildman–Crippen LogP) is 1.22. The van der Waals surface area contributed by atoms with Gasteiger partial charge in [0.2, 0.25) is 0 Å². The number of halogens is 2. The molecular formula is C18H22F2N4O. The Morgan fingerprint density at radius 2 is 1.84 bits per heavy atom. The Bertz CT molecular complexity index is 720. The molecule has 3 atom stereocenters. The van der Waals surface area contributed by atoms with Crippen molar-refractivity contribution in [1.82, 2.24) is 15.5 Å². The zero-order valence-corrected chi connectivity index (χ0v) is 14.0. The van der Waals surface area contributed by atoms with Crippen LogP contribution in [0.15, 0.2) is 6.07 Å². The van der Waals surface area contributed by atoms with Crippen molar-refractivity contribution in [3.63, 3.8) is 0 Å². The Kier molecular flexibility index (Phi) is 3.50. The number of nitrogens with zero attached hydrogens (tertiary/aromatic N) is 2. The quantitative estimate of drug-likeness (QED) is 0.844. The van der Waals surface area contributed by atoms with Crippen LogP contribution in [0.3, 0.4) is 0 Å². The van der Waals surface area contributed by atoms with Gasteiger partial charge in [0, 0.05) is 55.4 Å². The van der Waals surface area contributed by atoms with E-state index < -0.39 is 11.6 Å². The number of hydrogen-bond acceptors (Lipinski definition) is 4. The van der Waals surface area contributed by atoms with Crippen LogP contribution in [0.25, 0.3) is 0 Å². The summed E-state index contributed by atoms with van der Waals surface area (Å²) in [5, 5.41) is 6.62. The maximum Gasteiger partial charge on any atom is 0.254 e. The molecule has 3 saturated heterocycles. The zero-order chi connectivity index (χ0) is 17.1. The van der Waals surface area contributed by atoms with Crippen LogP contribution in [0.1, 0.15) is 35.2 Å². The molecule has 1 aromatic rings. The average molecular weight is 348 g/mol. The predicted molar refractivity (Wildman–Crippen MR) is 89.7 cm³/mol. The van der Waals surface area contributed by atoms with Crippen molar-refractivity contribution in [3.8, 4) is 0 Å². The molecule has 0 spiro atoms. The van der Waals surface area contributed by atoms with Gasteiger partial charge in [-0.25, -0.2) is 8.78 Å². The molecule has 4 aliphatic rings. The molecule has 4 heterocycles. The first kappa shape index (κ1) is 15.5. The molecule has 3 fully saturated rings. The summed E-state index contributed by atoms with van der Waals surface area (Å²) in [5.74, 6) is -1.87. The Morgan fingerprint density at radius 1 is 1.08 bits per heavy atom. The summed E-state index contributed by atoms with van der Waals surface area (Å²) in [5.41, 5.74) is 1.35. The number of benzene rings is 1. The summed E-state index contributed by atoms with van der Waals surface area (Å²) in [4.78, 5) is 16.7. The average Bonchev–Trinajstić information content (AvgIpc) is 2.96. The molecule has 25 heavy (non-hydrogen) atoms. The number of nitrogens with one attached hydrogen (secondary N) is 2. The van der Waals surface area contributed by atoms with Crippen molar-refractivity contribution < 1.29 is 13.6 Å². The standard InChI is InChI=1S/C18H22F2N4O/c19-15-5-13-14(9-23(18(13)25)10-2-1-3-21-6-10)17(16(15)20)24-11-4-12(24)8-22-7-11/h5,10-12,21-22H,1-4,6-9H2. The van der Waals surface area contributed by atoms with Gasteiger partial charge >= 0.3 is 0 Å². The molecule has 5 rings (SSSR count). The largest absolute Gasteiger partial charge is 0.360 e. The molecule has 7 heteroatoms. The molecule has 2 bridgehead atoms. The van der Waals surface area contributed by atoms with Gasteiger partial charge in [-0.15, -0.1) is 0 Å². The van der Waals surface area contributed by atoms with Gasteiger partial charge in [0.05, 0.1) is 5.69 Å². The minimum absolute atomic E-state index is 0.102. The van der Waals surface area contributed by atoms with Crippen molar-refractivity contribution in [2.24, 2.45) is 0 Å². The minimum Gasteiger partial charge on any atom is -0.360 e. The van der Waals surface area contributed by atoms with Gasteiger partial charge in [0.1, 0.15) is 0 Å². The van der Waals surface area contributed by atoms with E-state index in [9.17, 15) is 13.6 Å². The Labute approximate surface area is 145 Å².